The van der Waals surface area contributed by atoms with E-state index in [1.807, 2.05) is 20.0 Å². The van der Waals surface area contributed by atoms with Crippen molar-refractivity contribution in [2.24, 2.45) is 10.7 Å². The van der Waals surface area contributed by atoms with Gasteiger partial charge in [0.2, 0.25) is 17.8 Å². The van der Waals surface area contributed by atoms with Gasteiger partial charge in [0.1, 0.15) is 5.75 Å². The Kier molecular flexibility index (Phi) is 11.2. The highest BCUT2D eigenvalue weighted by atomic mass is 16.5. The molecule has 0 unspecified atom stereocenters. The van der Waals surface area contributed by atoms with Crippen molar-refractivity contribution in [3.63, 3.8) is 0 Å². The number of aliphatic imine (C=N–C) groups is 1. The van der Waals surface area contributed by atoms with Crippen molar-refractivity contribution in [1.82, 2.24) is 20.4 Å². The number of benzene rings is 1. The lowest BCUT2D eigenvalue weighted by Crippen LogP contribution is -2.50. The largest absolute Gasteiger partial charge is 0.494 e. The van der Waals surface area contributed by atoms with Crippen LogP contribution >= 0.6 is 0 Å². The lowest BCUT2D eigenvalue weighted by Gasteiger charge is -2.29. The van der Waals surface area contributed by atoms with E-state index in [2.05, 4.69) is 22.5 Å². The lowest BCUT2D eigenvalue weighted by molar-refractivity contribution is -0.130. The van der Waals surface area contributed by atoms with Crippen molar-refractivity contribution in [2.75, 3.05) is 33.3 Å². The van der Waals surface area contributed by atoms with Crippen molar-refractivity contribution in [3.8, 4) is 5.75 Å². The molecule has 10 nitrogen and oxygen atoms in total. The van der Waals surface area contributed by atoms with E-state index >= 15 is 0 Å². The molecule has 0 saturated heterocycles. The number of nitrogens with two attached hydrogens (primary N) is 1. The molecule has 188 valence electrons. The third-order valence-corrected chi connectivity index (χ3v) is 5.42. The van der Waals surface area contributed by atoms with Crippen molar-refractivity contribution < 1.29 is 19.1 Å². The van der Waals surface area contributed by atoms with Gasteiger partial charge in [-0.15, -0.1) is 0 Å². The van der Waals surface area contributed by atoms with Crippen LogP contribution in [0, 0.1) is 0 Å². The van der Waals surface area contributed by atoms with Gasteiger partial charge in [-0.05, 0) is 38.0 Å². The maximum absolute atomic E-state index is 12.3. The molecule has 1 heterocycles. The molecule has 4 amide bonds. The van der Waals surface area contributed by atoms with E-state index in [1.54, 1.807) is 21.9 Å². The number of fused-ring (bicyclic) bond motifs is 1. The Morgan fingerprint density at radius 2 is 1.97 bits per heavy atom. The Morgan fingerprint density at radius 3 is 2.68 bits per heavy atom. The molecule has 1 aliphatic rings. The Bertz CT molecular complexity index is 873. The van der Waals surface area contributed by atoms with E-state index in [0.29, 0.717) is 44.0 Å². The predicted octanol–water partition coefficient (Wildman–Crippen LogP) is 2.49. The number of carbonyl (C=O) groups is 3. The van der Waals surface area contributed by atoms with Gasteiger partial charge in [-0.3, -0.25) is 14.9 Å². The molecule has 0 aliphatic carbocycles. The molecule has 0 saturated carbocycles. The fourth-order valence-electron chi connectivity index (χ4n) is 3.59. The number of amides is 4. The number of ether oxygens (including phenoxy) is 1. The molecule has 0 atom stereocenters. The first-order valence-electron chi connectivity index (χ1n) is 12.0. The number of primary amides is 1. The smallest absolute Gasteiger partial charge is 0.321 e. The van der Waals surface area contributed by atoms with E-state index in [0.717, 1.165) is 24.9 Å². The minimum Gasteiger partial charge on any atom is -0.494 e. The van der Waals surface area contributed by atoms with E-state index in [-0.39, 0.29) is 18.4 Å². The van der Waals surface area contributed by atoms with Gasteiger partial charge in [-0.25, -0.2) is 9.79 Å². The summed E-state index contributed by atoms with van der Waals surface area (Å²) in [6.07, 6.45) is 5.65. The number of nitrogens with zero attached hydrogens (tertiary/aromatic N) is 3. The van der Waals surface area contributed by atoms with Crippen LogP contribution in [0.2, 0.25) is 0 Å². The van der Waals surface area contributed by atoms with Crippen LogP contribution < -0.4 is 21.1 Å². The predicted molar refractivity (Wildman–Crippen MR) is 132 cm³/mol. The average Bonchev–Trinajstić information content (AvgIpc) is 2.79. The third-order valence-electron chi connectivity index (χ3n) is 5.42. The van der Waals surface area contributed by atoms with Gasteiger partial charge in [-0.1, -0.05) is 26.2 Å². The number of urea groups is 1. The Morgan fingerprint density at radius 1 is 1.18 bits per heavy atom. The molecule has 34 heavy (non-hydrogen) atoms. The highest BCUT2D eigenvalue weighted by Gasteiger charge is 2.23. The van der Waals surface area contributed by atoms with Gasteiger partial charge in [-0.2, -0.15) is 0 Å². The first kappa shape index (κ1) is 26.9. The number of unbranched alkanes of at least 4 members (excludes halogenated alkanes) is 3. The van der Waals surface area contributed by atoms with Crippen LogP contribution in [-0.2, 0) is 16.1 Å². The molecule has 0 aromatic heterocycles. The highest BCUT2D eigenvalue weighted by molar-refractivity contribution is 5.99. The van der Waals surface area contributed by atoms with Gasteiger partial charge in [0.15, 0.2) is 0 Å². The monoisotopic (exact) mass is 474 g/mol. The molecule has 1 aliphatic heterocycles. The Labute approximate surface area is 201 Å². The van der Waals surface area contributed by atoms with Crippen LogP contribution in [0.4, 0.5) is 10.5 Å². The van der Waals surface area contributed by atoms with Gasteiger partial charge in [0, 0.05) is 38.7 Å². The molecule has 0 fully saturated rings. The SMILES string of the molecule is CCCCCCN(C)C(=O)CCCOc1ccc2c(c1)CN(CC(N)=O)C(NC(=O)NCC)=N2. The zero-order valence-electron chi connectivity index (χ0n) is 20.6. The molecule has 10 heteroatoms. The summed E-state index contributed by atoms with van der Waals surface area (Å²) in [7, 11) is 1.85. The Hall–Kier alpha value is -3.30. The van der Waals surface area contributed by atoms with Crippen LogP contribution in [0.25, 0.3) is 0 Å². The number of nitrogens with one attached hydrogen (secondary N) is 2. The quantitative estimate of drug-likeness (QED) is 0.378. The normalized spacial score (nSPS) is 12.4. The maximum atomic E-state index is 12.3. The molecule has 1 aromatic carbocycles. The molecule has 2 rings (SSSR count). The van der Waals surface area contributed by atoms with Crippen LogP contribution in [0.15, 0.2) is 23.2 Å². The van der Waals surface area contributed by atoms with E-state index in [1.165, 1.54) is 12.8 Å². The number of rotatable bonds is 13. The summed E-state index contributed by atoms with van der Waals surface area (Å²) in [6, 6.07) is 5.07. The fourth-order valence-corrected chi connectivity index (χ4v) is 3.59. The number of hydrogen-bond donors (Lipinski definition) is 3. The molecule has 0 radical (unpaired) electrons. The summed E-state index contributed by atoms with van der Waals surface area (Å²) >= 11 is 0. The molecular weight excluding hydrogens is 436 g/mol. The molecule has 1 aromatic rings. The maximum Gasteiger partial charge on any atom is 0.321 e. The zero-order chi connectivity index (χ0) is 24.9. The second kappa shape index (κ2) is 14.1. The summed E-state index contributed by atoms with van der Waals surface area (Å²) < 4.78 is 5.85. The van der Waals surface area contributed by atoms with Gasteiger partial charge in [0.05, 0.1) is 18.8 Å². The third kappa shape index (κ3) is 8.92. The van der Waals surface area contributed by atoms with Gasteiger partial charge >= 0.3 is 6.03 Å². The summed E-state index contributed by atoms with van der Waals surface area (Å²) in [5, 5.41) is 5.30. The molecule has 0 spiro atoms. The van der Waals surface area contributed by atoms with E-state index in [9.17, 15) is 14.4 Å². The minimum atomic E-state index is -0.527. The van der Waals surface area contributed by atoms with Crippen molar-refractivity contribution in [3.05, 3.63) is 23.8 Å². The molecule has 4 N–H and O–H groups in total. The first-order chi connectivity index (χ1) is 16.3. The standard InChI is InChI=1S/C24H38N6O4/c1-4-6-7-8-13-29(3)22(32)10-9-14-34-19-11-12-20-18(15-19)16-30(17-21(25)31)23(27-20)28-24(33)26-5-2/h11-12,15H,4-10,13-14,16-17H2,1-3H3,(H2,25,31)(H2,26,27,28,33). The topological polar surface area (TPSA) is 129 Å². The van der Waals surface area contributed by atoms with E-state index < -0.39 is 11.9 Å². The lowest BCUT2D eigenvalue weighted by atomic mass is 10.1. The van der Waals surface area contributed by atoms with Crippen molar-refractivity contribution in [1.29, 1.82) is 0 Å². The highest BCUT2D eigenvalue weighted by Crippen LogP contribution is 2.29. The fraction of sp³-hybridized carbons (Fsp3) is 0.583. The second-order valence-electron chi connectivity index (χ2n) is 8.36. The van der Waals surface area contributed by atoms with Crippen LogP contribution in [0.1, 0.15) is 57.9 Å². The average molecular weight is 475 g/mol. The molecule has 0 bridgehead atoms. The van der Waals surface area contributed by atoms with Crippen LogP contribution in [-0.4, -0.2) is 66.9 Å². The van der Waals surface area contributed by atoms with Crippen molar-refractivity contribution >= 4 is 29.5 Å². The first-order valence-corrected chi connectivity index (χ1v) is 12.0. The van der Waals surface area contributed by atoms with Gasteiger partial charge in [0.25, 0.3) is 0 Å². The van der Waals surface area contributed by atoms with Crippen LogP contribution in [0.3, 0.4) is 0 Å². The Balaban J connectivity index is 1.90. The number of carbonyl (C=O) groups excluding carboxylic acids is 3. The summed E-state index contributed by atoms with van der Waals surface area (Å²) in [5.74, 6) is 0.534. The summed E-state index contributed by atoms with van der Waals surface area (Å²) in [6.45, 7) is 5.93. The number of hydrogen-bond acceptors (Lipinski definition) is 6. The second-order valence-corrected chi connectivity index (χ2v) is 8.36. The van der Waals surface area contributed by atoms with Crippen LogP contribution in [0.5, 0.6) is 5.75 Å². The van der Waals surface area contributed by atoms with Crippen molar-refractivity contribution in [2.45, 2.75) is 58.9 Å². The summed E-state index contributed by atoms with van der Waals surface area (Å²) in [4.78, 5) is 43.6. The molecular formula is C24H38N6O4. The minimum absolute atomic E-state index is 0.0795. The summed E-state index contributed by atoms with van der Waals surface area (Å²) in [5.41, 5.74) is 6.90. The van der Waals surface area contributed by atoms with E-state index in [4.69, 9.17) is 10.5 Å². The van der Waals surface area contributed by atoms with Gasteiger partial charge < -0.3 is 25.6 Å². The number of guanidine groups is 1. The zero-order valence-corrected chi connectivity index (χ0v) is 20.6.